The van der Waals surface area contributed by atoms with Gasteiger partial charge in [0.05, 0.1) is 20.5 Å². The number of thioether (sulfide) groups is 1. The second kappa shape index (κ2) is 5.22. The van der Waals surface area contributed by atoms with Crippen LogP contribution in [-0.2, 0) is 0 Å². The zero-order valence-electron chi connectivity index (χ0n) is 10.1. The molecule has 1 saturated carbocycles. The Morgan fingerprint density at radius 1 is 1.58 bits per heavy atom. The third-order valence-electron chi connectivity index (χ3n) is 2.82. The largest absolute Gasteiger partial charge is 0.292 e. The van der Waals surface area contributed by atoms with Gasteiger partial charge in [-0.1, -0.05) is 23.4 Å². The van der Waals surface area contributed by atoms with Crippen molar-refractivity contribution in [2.45, 2.75) is 36.2 Å². The Bertz CT molecular complexity index is 607. The van der Waals surface area contributed by atoms with Gasteiger partial charge in [-0.3, -0.25) is 4.79 Å². The number of hydrogen-bond donors (Lipinski definition) is 0. The van der Waals surface area contributed by atoms with E-state index in [0.29, 0.717) is 20.4 Å². The number of ketones is 1. The number of tetrazole rings is 1. The Kier molecular flexibility index (Phi) is 3.60. The molecule has 8 heteroatoms. The average molecular weight is 315 g/mol. The van der Waals surface area contributed by atoms with Crippen LogP contribution in [0.5, 0.6) is 0 Å². The molecule has 1 fully saturated rings. The van der Waals surface area contributed by atoms with E-state index in [2.05, 4.69) is 15.5 Å². The zero-order valence-corrected chi connectivity index (χ0v) is 12.5. The number of carbonyl (C=O) groups is 1. The number of aromatic nitrogens is 4. The van der Waals surface area contributed by atoms with Gasteiger partial charge in [0.1, 0.15) is 0 Å². The van der Waals surface area contributed by atoms with E-state index in [4.69, 9.17) is 11.6 Å². The summed E-state index contributed by atoms with van der Waals surface area (Å²) < 4.78 is 2.44. The van der Waals surface area contributed by atoms with Gasteiger partial charge in [0.2, 0.25) is 5.16 Å². The lowest BCUT2D eigenvalue weighted by atomic mass is 10.2. The van der Waals surface area contributed by atoms with Crippen LogP contribution in [0.2, 0.25) is 4.34 Å². The summed E-state index contributed by atoms with van der Waals surface area (Å²) in [6, 6.07) is 3.91. The summed E-state index contributed by atoms with van der Waals surface area (Å²) in [5.41, 5.74) is 0. The number of nitrogens with zero attached hydrogens (tertiary/aromatic N) is 4. The number of carbonyl (C=O) groups excluding carboxylic acids is 1. The summed E-state index contributed by atoms with van der Waals surface area (Å²) >= 11 is 8.55. The maximum absolute atomic E-state index is 12.2. The Balaban J connectivity index is 1.72. The predicted molar refractivity (Wildman–Crippen MR) is 75.1 cm³/mol. The van der Waals surface area contributed by atoms with E-state index in [1.54, 1.807) is 12.1 Å². The molecule has 2 heterocycles. The van der Waals surface area contributed by atoms with Crippen molar-refractivity contribution in [2.24, 2.45) is 0 Å². The lowest BCUT2D eigenvalue weighted by Gasteiger charge is -2.08. The van der Waals surface area contributed by atoms with Gasteiger partial charge in [-0.05, 0) is 42.3 Å². The SMILES string of the molecule is CC(Sc1nnnn1C1CC1)C(=O)c1ccc(Cl)s1. The van der Waals surface area contributed by atoms with Crippen molar-refractivity contribution in [2.75, 3.05) is 0 Å². The maximum atomic E-state index is 12.2. The Morgan fingerprint density at radius 3 is 3.00 bits per heavy atom. The van der Waals surface area contributed by atoms with Crippen molar-refractivity contribution in [1.29, 1.82) is 0 Å². The van der Waals surface area contributed by atoms with Crippen LogP contribution < -0.4 is 0 Å². The molecule has 100 valence electrons. The molecular weight excluding hydrogens is 304 g/mol. The topological polar surface area (TPSA) is 60.7 Å². The van der Waals surface area contributed by atoms with E-state index < -0.39 is 0 Å². The number of hydrogen-bond acceptors (Lipinski definition) is 6. The predicted octanol–water partition coefficient (Wildman–Crippen LogP) is 3.09. The molecule has 0 aromatic carbocycles. The highest BCUT2D eigenvalue weighted by atomic mass is 35.5. The number of rotatable bonds is 5. The minimum absolute atomic E-state index is 0.0623. The Morgan fingerprint density at radius 2 is 2.37 bits per heavy atom. The molecule has 1 aliphatic carbocycles. The molecule has 5 nitrogen and oxygen atoms in total. The number of thiophene rings is 1. The fraction of sp³-hybridized carbons (Fsp3) is 0.455. The van der Waals surface area contributed by atoms with E-state index in [1.165, 1.54) is 23.1 Å². The van der Waals surface area contributed by atoms with Crippen molar-refractivity contribution >= 4 is 40.5 Å². The third-order valence-corrected chi connectivity index (χ3v) is 5.12. The Labute approximate surface area is 123 Å². The molecule has 1 atom stereocenters. The van der Waals surface area contributed by atoms with Crippen LogP contribution in [0.15, 0.2) is 17.3 Å². The van der Waals surface area contributed by atoms with Crippen LogP contribution in [0.1, 0.15) is 35.5 Å². The van der Waals surface area contributed by atoms with Crippen LogP contribution in [0, 0.1) is 0 Å². The molecule has 19 heavy (non-hydrogen) atoms. The van der Waals surface area contributed by atoms with E-state index in [0.717, 1.165) is 12.8 Å². The minimum atomic E-state index is -0.224. The van der Waals surface area contributed by atoms with E-state index in [1.807, 2.05) is 11.6 Å². The summed E-state index contributed by atoms with van der Waals surface area (Å²) in [5, 5.41) is 12.1. The molecule has 2 aromatic rings. The van der Waals surface area contributed by atoms with Crippen LogP contribution in [-0.4, -0.2) is 31.2 Å². The second-order valence-electron chi connectivity index (χ2n) is 4.37. The quantitative estimate of drug-likeness (QED) is 0.627. The zero-order chi connectivity index (χ0) is 13.4. The van der Waals surface area contributed by atoms with Crippen molar-refractivity contribution in [1.82, 2.24) is 20.2 Å². The molecule has 3 rings (SSSR count). The van der Waals surface area contributed by atoms with Crippen molar-refractivity contribution in [3.63, 3.8) is 0 Å². The first kappa shape index (κ1) is 13.1. The van der Waals surface area contributed by atoms with Crippen molar-refractivity contribution in [3.8, 4) is 0 Å². The summed E-state index contributed by atoms with van der Waals surface area (Å²) in [5.74, 6) is 0.0623. The van der Waals surface area contributed by atoms with E-state index in [9.17, 15) is 4.79 Å². The Hall–Kier alpha value is -0.920. The highest BCUT2D eigenvalue weighted by Crippen LogP contribution is 2.37. The van der Waals surface area contributed by atoms with Gasteiger partial charge in [-0.25, -0.2) is 4.68 Å². The first-order chi connectivity index (χ1) is 9.15. The van der Waals surface area contributed by atoms with Crippen LogP contribution in [0.25, 0.3) is 0 Å². The first-order valence-corrected chi connectivity index (χ1v) is 7.96. The second-order valence-corrected chi connectivity index (χ2v) is 7.39. The molecule has 1 aliphatic rings. The highest BCUT2D eigenvalue weighted by Gasteiger charge is 2.29. The molecule has 0 aliphatic heterocycles. The molecule has 0 amide bonds. The van der Waals surface area contributed by atoms with Gasteiger partial charge >= 0.3 is 0 Å². The minimum Gasteiger partial charge on any atom is -0.292 e. The van der Waals surface area contributed by atoms with Gasteiger partial charge in [0.25, 0.3) is 0 Å². The molecule has 0 radical (unpaired) electrons. The smallest absolute Gasteiger partial charge is 0.210 e. The fourth-order valence-corrected chi connectivity index (χ4v) is 3.74. The molecule has 0 N–H and O–H groups in total. The van der Waals surface area contributed by atoms with E-state index >= 15 is 0 Å². The van der Waals surface area contributed by atoms with Gasteiger partial charge in [-0.15, -0.1) is 16.4 Å². The summed E-state index contributed by atoms with van der Waals surface area (Å²) in [6.45, 7) is 1.87. The first-order valence-electron chi connectivity index (χ1n) is 5.89. The monoisotopic (exact) mass is 314 g/mol. The molecule has 0 bridgehead atoms. The van der Waals surface area contributed by atoms with Gasteiger partial charge < -0.3 is 0 Å². The maximum Gasteiger partial charge on any atom is 0.210 e. The molecule has 2 aromatic heterocycles. The standard InChI is InChI=1S/C11H11ClN4OS2/c1-6(10(17)8-4-5-9(12)19-8)18-11-13-14-15-16(11)7-2-3-7/h4-7H,2-3H2,1H3. The molecule has 1 unspecified atom stereocenters. The fourth-order valence-electron chi connectivity index (χ4n) is 1.67. The van der Waals surface area contributed by atoms with Gasteiger partial charge in [-0.2, -0.15) is 0 Å². The molecule has 0 spiro atoms. The highest BCUT2D eigenvalue weighted by molar-refractivity contribution is 8.00. The van der Waals surface area contributed by atoms with Crippen LogP contribution in [0.3, 0.4) is 0 Å². The van der Waals surface area contributed by atoms with E-state index in [-0.39, 0.29) is 11.0 Å². The third kappa shape index (κ3) is 2.82. The number of halogens is 1. The summed E-state index contributed by atoms with van der Waals surface area (Å²) in [4.78, 5) is 12.9. The average Bonchev–Trinajstić information content (AvgIpc) is 2.98. The lowest BCUT2D eigenvalue weighted by molar-refractivity contribution is 0.0997. The summed E-state index contributed by atoms with van der Waals surface area (Å²) in [7, 11) is 0. The van der Waals surface area contributed by atoms with Crippen LogP contribution >= 0.6 is 34.7 Å². The van der Waals surface area contributed by atoms with Crippen molar-refractivity contribution in [3.05, 3.63) is 21.3 Å². The van der Waals surface area contributed by atoms with Crippen LogP contribution in [0.4, 0.5) is 0 Å². The lowest BCUT2D eigenvalue weighted by Crippen LogP contribution is -2.13. The van der Waals surface area contributed by atoms with Crippen molar-refractivity contribution < 1.29 is 4.79 Å². The summed E-state index contributed by atoms with van der Waals surface area (Å²) in [6.07, 6.45) is 2.23. The molecular formula is C11H11ClN4OS2. The normalized spacial score (nSPS) is 16.5. The number of Topliss-reactive ketones (excluding diaryl/α,β-unsaturated/α-hetero) is 1. The van der Waals surface area contributed by atoms with Gasteiger partial charge in [0.15, 0.2) is 5.78 Å². The van der Waals surface area contributed by atoms with Gasteiger partial charge in [0, 0.05) is 0 Å². The molecule has 0 saturated heterocycles.